The molecule has 0 spiro atoms. The fourth-order valence-electron chi connectivity index (χ4n) is 7.92. The maximum atomic E-state index is 8.58. The predicted octanol–water partition coefficient (Wildman–Crippen LogP) is 49.7. The van der Waals surface area contributed by atoms with Crippen molar-refractivity contribution in [2.75, 3.05) is 0 Å². The molecular weight excluding hydrogens is 1600 g/mol. The SMILES string of the molecule is C/C=C\C.C=CCC.C=CCC.CC=CCC.CC=CCC.CCC=C(C)C.CCC=C(C)C.CCC=C(C)C.CCC=C(C)C.CCC=C(C)C.CCC=C(C)C.CCC=CCC.CCC=CCC.CCC=CCC.CCCCCC.CCCCCC.CCCCCC.CCCCCC.CCCCCC.CCCCCC.CCCCCC.CCCCCC.N.N.NC=O.NC=O.[HH].[HH]. The summed E-state index contributed by atoms with van der Waals surface area (Å²) >= 11 is 0. The van der Waals surface area contributed by atoms with Crippen LogP contribution in [-0.2, 0) is 9.59 Å². The summed E-state index contributed by atoms with van der Waals surface area (Å²) in [5.74, 6) is 0. The van der Waals surface area contributed by atoms with E-state index < -0.39 is 0 Å². The normalized spacial score (nSPS) is 8.42. The number of hydrogen-bond acceptors (Lipinski definition) is 4. The van der Waals surface area contributed by atoms with Crippen LogP contribution in [-0.4, -0.2) is 12.8 Å². The summed E-state index contributed by atoms with van der Waals surface area (Å²) in [6.45, 7) is 110. The molecule has 6 nitrogen and oxygen atoms in total. The molecule has 816 valence electrons. The van der Waals surface area contributed by atoms with E-state index in [2.05, 4.69) is 426 Å². The molecule has 0 aliphatic rings. The molecule has 0 aliphatic heterocycles. The van der Waals surface area contributed by atoms with Gasteiger partial charge in [0.1, 0.15) is 0 Å². The lowest BCUT2D eigenvalue weighted by atomic mass is 10.2. The molecule has 6 heteroatoms. The molecule has 132 heavy (non-hydrogen) atoms. The van der Waals surface area contributed by atoms with Crippen LogP contribution in [0.15, 0.2) is 168 Å². The standard InChI is InChI=1S/6C6H12.8C6H14.3C6H12.2C5H10.3C4H8.2CH3NO.2H3N.2H2/c6*1-4-5-6(2)3;11*1-3-5-6-4-2;2*1-3-5-4-2;3*1-3-4-2;2*2-1-3;;;;/h6*5H,4H2,1-3H3;8*3-6H2,1-2H3;3*5-6H,3-4H2,1-2H3;2*3,5H,4H2,1-2H3;3-4H,1-2H3;2*3H,1,4H2,2H3;2*1H,(H2,2,3);2*1H3;2*1H/b;;;;;;;;;;;;;;;;;;;4-3-;;;;;;;;. The van der Waals surface area contributed by atoms with Gasteiger partial charge in [-0.25, -0.2) is 0 Å². The zero-order valence-corrected chi connectivity index (χ0v) is 102. The van der Waals surface area contributed by atoms with Crippen molar-refractivity contribution in [1.82, 2.24) is 12.3 Å². The molecule has 0 radical (unpaired) electrons. The Kier molecular flexibility index (Phi) is 428. The molecule has 0 aromatic carbocycles. The summed E-state index contributed by atoms with van der Waals surface area (Å²) in [6, 6.07) is 0. The molecule has 0 aromatic rings. The van der Waals surface area contributed by atoms with Crippen LogP contribution in [0.25, 0.3) is 0 Å². The van der Waals surface area contributed by atoms with Crippen LogP contribution >= 0.6 is 0 Å². The Morgan fingerprint density at radius 2 is 0.265 bits per heavy atom. The van der Waals surface area contributed by atoms with Gasteiger partial charge in [0.2, 0.25) is 12.8 Å². The highest BCUT2D eigenvalue weighted by Gasteiger charge is 1.81. The summed E-state index contributed by atoms with van der Waals surface area (Å²) < 4.78 is 0. The third kappa shape index (κ3) is 682. The minimum Gasteiger partial charge on any atom is -0.372 e. The summed E-state index contributed by atoms with van der Waals surface area (Å²) in [4.78, 5) is 17.2. The Morgan fingerprint density at radius 1 is 0.182 bits per heavy atom. The number of allylic oxidation sites excluding steroid dienone is 26. The Balaban J connectivity index is -0.0000000337. The van der Waals surface area contributed by atoms with E-state index in [1.165, 1.54) is 316 Å². The summed E-state index contributed by atoms with van der Waals surface area (Å²) in [6.07, 6.45) is 106. The zero-order valence-electron chi connectivity index (χ0n) is 102. The molecule has 0 atom stereocenters. The number of unbranched alkanes of at least 4 members (excludes halogenated alkanes) is 24. The lowest BCUT2D eigenvalue weighted by Crippen LogP contribution is -1.82. The van der Waals surface area contributed by atoms with Gasteiger partial charge in [0.25, 0.3) is 0 Å². The summed E-state index contributed by atoms with van der Waals surface area (Å²) in [5, 5.41) is 0. The van der Waals surface area contributed by atoms with Gasteiger partial charge in [-0.1, -0.05) is 582 Å². The Labute approximate surface area is 852 Å². The highest BCUT2D eigenvalue weighted by atomic mass is 16.1. The number of carbonyl (C=O) groups excluding carboxylic acids is 2. The van der Waals surface area contributed by atoms with E-state index in [4.69, 9.17) is 9.59 Å². The third-order valence-corrected chi connectivity index (χ3v) is 15.1. The molecule has 0 bridgehead atoms. The molecule has 2 amide bonds. The molecule has 0 saturated carbocycles. The second-order valence-electron chi connectivity index (χ2n) is 31.9. The van der Waals surface area contributed by atoms with E-state index in [1.54, 1.807) is 0 Å². The molecule has 0 saturated heterocycles. The van der Waals surface area contributed by atoms with E-state index in [0.29, 0.717) is 0 Å². The lowest BCUT2D eigenvalue weighted by molar-refractivity contribution is -0.107. The first-order valence-electron chi connectivity index (χ1n) is 55.2. The van der Waals surface area contributed by atoms with E-state index >= 15 is 0 Å². The second-order valence-corrected chi connectivity index (χ2v) is 31.9. The number of nitrogens with two attached hydrogens (primary N) is 2. The number of carbonyl (C=O) groups is 2. The van der Waals surface area contributed by atoms with Gasteiger partial charge in [-0.3, -0.25) is 9.59 Å². The highest BCUT2D eigenvalue weighted by Crippen LogP contribution is 2.02. The minimum absolute atomic E-state index is 0. The molecule has 0 heterocycles. The average molecular weight is 1880 g/mol. The van der Waals surface area contributed by atoms with Crippen LogP contribution in [0.2, 0.25) is 0 Å². The Morgan fingerprint density at radius 3 is 0.280 bits per heavy atom. The van der Waals surface area contributed by atoms with Gasteiger partial charge in [-0.05, 0) is 214 Å². The van der Waals surface area contributed by atoms with Gasteiger partial charge in [0.15, 0.2) is 0 Å². The van der Waals surface area contributed by atoms with E-state index in [1.807, 2.05) is 52.0 Å². The maximum Gasteiger partial charge on any atom is 0.204 e. The maximum absolute atomic E-state index is 8.58. The van der Waals surface area contributed by atoms with Crippen molar-refractivity contribution in [3.63, 3.8) is 0 Å². The number of hydrogen-bond donors (Lipinski definition) is 4. The topological polar surface area (TPSA) is 156 Å². The molecule has 10 N–H and O–H groups in total. The molecule has 0 fully saturated rings. The summed E-state index contributed by atoms with van der Waals surface area (Å²) in [7, 11) is 0. The van der Waals surface area contributed by atoms with Crippen LogP contribution in [0.1, 0.15) is 643 Å². The van der Waals surface area contributed by atoms with Gasteiger partial charge in [0.05, 0.1) is 0 Å². The molecule has 0 unspecified atom stereocenters. The van der Waals surface area contributed by atoms with E-state index in [9.17, 15) is 0 Å². The molecule has 0 rings (SSSR count). The van der Waals surface area contributed by atoms with Crippen LogP contribution in [0.3, 0.4) is 0 Å². The Hall–Kier alpha value is -4.78. The van der Waals surface area contributed by atoms with Crippen molar-refractivity contribution in [2.45, 2.75) is 641 Å². The smallest absolute Gasteiger partial charge is 0.204 e. The monoisotopic (exact) mass is 1880 g/mol. The zero-order chi connectivity index (χ0) is 107. The van der Waals surface area contributed by atoms with Gasteiger partial charge in [0, 0.05) is 2.85 Å². The van der Waals surface area contributed by atoms with Crippen LogP contribution in [0, 0.1) is 0 Å². The quantitative estimate of drug-likeness (QED) is 0.0274. The number of amides is 2. The van der Waals surface area contributed by atoms with Gasteiger partial charge in [-0.2, -0.15) is 0 Å². The molecule has 0 aromatic heterocycles. The lowest BCUT2D eigenvalue weighted by Gasteiger charge is -1.86. The van der Waals surface area contributed by atoms with Crippen molar-refractivity contribution in [3.8, 4) is 0 Å². The predicted molar refractivity (Wildman–Crippen MR) is 652 cm³/mol. The van der Waals surface area contributed by atoms with E-state index in [-0.39, 0.29) is 28.0 Å². The van der Waals surface area contributed by atoms with Crippen molar-refractivity contribution in [2.24, 2.45) is 11.5 Å². The van der Waals surface area contributed by atoms with Crippen molar-refractivity contribution in [1.29, 1.82) is 0 Å². The number of rotatable bonds is 40. The fraction of sp³-hybridized carbons (Fsp3) is 0.762. The number of primary amides is 2. The highest BCUT2D eigenvalue weighted by molar-refractivity contribution is 5.42. The Bertz CT molecular complexity index is 1580. The minimum atomic E-state index is 0. The largest absolute Gasteiger partial charge is 0.372 e. The third-order valence-electron chi connectivity index (χ3n) is 15.1. The van der Waals surface area contributed by atoms with Crippen LogP contribution < -0.4 is 23.8 Å². The van der Waals surface area contributed by atoms with Crippen molar-refractivity contribution in [3.05, 3.63) is 168 Å². The molecular formula is C126H280N4O2. The van der Waals surface area contributed by atoms with Gasteiger partial charge >= 0.3 is 0 Å². The molecule has 0 aliphatic carbocycles. The first-order chi connectivity index (χ1) is 62.1. The van der Waals surface area contributed by atoms with Crippen molar-refractivity contribution < 1.29 is 12.4 Å². The first-order valence-corrected chi connectivity index (χ1v) is 55.2. The average Bonchev–Trinajstić information content (AvgIpc) is 1.20. The van der Waals surface area contributed by atoms with E-state index in [0.717, 1.165) is 25.7 Å². The van der Waals surface area contributed by atoms with Crippen LogP contribution in [0.4, 0.5) is 0 Å². The van der Waals surface area contributed by atoms with Gasteiger partial charge < -0.3 is 23.8 Å². The second kappa shape index (κ2) is 286. The fourth-order valence-corrected chi connectivity index (χ4v) is 7.92. The van der Waals surface area contributed by atoms with Crippen LogP contribution in [0.5, 0.6) is 0 Å². The first kappa shape index (κ1) is 198. The van der Waals surface area contributed by atoms with Gasteiger partial charge in [-0.15, -0.1) is 13.2 Å². The van der Waals surface area contributed by atoms with Crippen molar-refractivity contribution >= 4 is 12.8 Å². The summed E-state index contributed by atoms with van der Waals surface area (Å²) in [5.41, 5.74) is 16.8.